The Labute approximate surface area is 112 Å². The second kappa shape index (κ2) is 6.18. The highest BCUT2D eigenvalue weighted by atomic mass is 19.1. The maximum atomic E-state index is 13.8. The van der Waals surface area contributed by atoms with Gasteiger partial charge in [0.15, 0.2) is 11.6 Å². The predicted molar refractivity (Wildman–Crippen MR) is 74.2 cm³/mol. The highest BCUT2D eigenvalue weighted by Crippen LogP contribution is 2.26. The summed E-state index contributed by atoms with van der Waals surface area (Å²) in [5.41, 5.74) is 1.43. The van der Waals surface area contributed by atoms with E-state index in [-0.39, 0.29) is 11.6 Å². The Morgan fingerprint density at radius 3 is 2.95 bits per heavy atom. The van der Waals surface area contributed by atoms with Crippen molar-refractivity contribution in [1.82, 2.24) is 4.98 Å². The van der Waals surface area contributed by atoms with Crippen LogP contribution < -0.4 is 10.1 Å². The molecule has 0 spiro atoms. The van der Waals surface area contributed by atoms with Crippen molar-refractivity contribution in [3.8, 4) is 11.5 Å². The average Bonchev–Trinajstić information content (AvgIpc) is 2.42. The Balaban J connectivity index is 2.16. The summed E-state index contributed by atoms with van der Waals surface area (Å²) in [6.45, 7) is 4.66. The molecule has 0 unspecified atom stereocenters. The first-order valence-electron chi connectivity index (χ1n) is 6.32. The fourth-order valence-corrected chi connectivity index (χ4v) is 1.67. The predicted octanol–water partition coefficient (Wildman–Crippen LogP) is 4.14. The summed E-state index contributed by atoms with van der Waals surface area (Å²) in [5.74, 6) is 0.398. The van der Waals surface area contributed by atoms with Crippen molar-refractivity contribution in [3.63, 3.8) is 0 Å². The zero-order chi connectivity index (χ0) is 13.7. The minimum Gasteiger partial charge on any atom is -0.453 e. The van der Waals surface area contributed by atoms with E-state index in [1.54, 1.807) is 37.5 Å². The molecule has 0 bridgehead atoms. The zero-order valence-electron chi connectivity index (χ0n) is 11.1. The number of hydrogen-bond acceptors (Lipinski definition) is 3. The van der Waals surface area contributed by atoms with Crippen LogP contribution >= 0.6 is 0 Å². The highest BCUT2D eigenvalue weighted by Gasteiger charge is 2.07. The fraction of sp³-hybridized carbons (Fsp3) is 0.267. The third-order valence-corrected chi connectivity index (χ3v) is 2.68. The lowest BCUT2D eigenvalue weighted by molar-refractivity contribution is 0.438. The van der Waals surface area contributed by atoms with E-state index in [1.807, 2.05) is 6.07 Å². The van der Waals surface area contributed by atoms with Crippen molar-refractivity contribution in [1.29, 1.82) is 0 Å². The molecule has 1 heterocycles. The van der Waals surface area contributed by atoms with Crippen LogP contribution in [0.3, 0.4) is 0 Å². The van der Waals surface area contributed by atoms with Crippen molar-refractivity contribution < 1.29 is 9.13 Å². The summed E-state index contributed by atoms with van der Waals surface area (Å²) in [6.07, 6.45) is 4.31. The lowest BCUT2D eigenvalue weighted by Crippen LogP contribution is -2.00. The molecule has 0 saturated heterocycles. The molecule has 0 radical (unpaired) electrons. The van der Waals surface area contributed by atoms with E-state index in [0.29, 0.717) is 11.3 Å². The van der Waals surface area contributed by atoms with Crippen LogP contribution in [-0.4, -0.2) is 11.5 Å². The van der Waals surface area contributed by atoms with Crippen LogP contribution in [0.1, 0.15) is 18.9 Å². The summed E-state index contributed by atoms with van der Waals surface area (Å²) < 4.78 is 19.4. The number of aryl methyl sites for hydroxylation is 1. The Hall–Kier alpha value is -2.10. The lowest BCUT2D eigenvalue weighted by Gasteiger charge is -2.09. The van der Waals surface area contributed by atoms with Gasteiger partial charge in [-0.15, -0.1) is 0 Å². The minimum atomic E-state index is -0.338. The van der Waals surface area contributed by atoms with E-state index in [1.165, 1.54) is 0 Å². The monoisotopic (exact) mass is 260 g/mol. The molecular formula is C15H17FN2O. The van der Waals surface area contributed by atoms with Gasteiger partial charge in [-0.1, -0.05) is 19.1 Å². The number of nitrogens with one attached hydrogen (secondary N) is 1. The maximum absolute atomic E-state index is 13.8. The summed E-state index contributed by atoms with van der Waals surface area (Å²) in [5, 5.41) is 3.21. The van der Waals surface area contributed by atoms with E-state index in [0.717, 1.165) is 18.7 Å². The lowest BCUT2D eigenvalue weighted by atomic mass is 10.2. The summed E-state index contributed by atoms with van der Waals surface area (Å²) in [7, 11) is 0. The summed E-state index contributed by atoms with van der Waals surface area (Å²) >= 11 is 0. The van der Waals surface area contributed by atoms with Gasteiger partial charge in [0.1, 0.15) is 5.75 Å². The molecule has 3 nitrogen and oxygen atoms in total. The zero-order valence-corrected chi connectivity index (χ0v) is 11.1. The first kappa shape index (κ1) is 13.3. The summed E-state index contributed by atoms with van der Waals surface area (Å²) in [4.78, 5) is 4.08. The van der Waals surface area contributed by atoms with Gasteiger partial charge in [0.05, 0.1) is 18.1 Å². The molecule has 0 atom stereocenters. The SMILES string of the molecule is CCCNc1cncc(Oc2cccc(C)c2F)c1. The number of benzene rings is 1. The fourth-order valence-electron chi connectivity index (χ4n) is 1.67. The van der Waals surface area contributed by atoms with E-state index in [4.69, 9.17) is 4.74 Å². The Morgan fingerprint density at radius 2 is 2.16 bits per heavy atom. The van der Waals surface area contributed by atoms with E-state index in [9.17, 15) is 4.39 Å². The highest BCUT2D eigenvalue weighted by molar-refractivity contribution is 5.46. The van der Waals surface area contributed by atoms with Gasteiger partial charge in [-0.2, -0.15) is 0 Å². The molecule has 0 aliphatic rings. The maximum Gasteiger partial charge on any atom is 0.168 e. The molecule has 1 aromatic carbocycles. The quantitative estimate of drug-likeness (QED) is 0.877. The Morgan fingerprint density at radius 1 is 1.32 bits per heavy atom. The number of hydrogen-bond donors (Lipinski definition) is 1. The molecule has 2 aromatic rings. The largest absolute Gasteiger partial charge is 0.453 e. The van der Waals surface area contributed by atoms with Gasteiger partial charge in [-0.25, -0.2) is 4.39 Å². The minimum absolute atomic E-state index is 0.217. The molecule has 0 saturated carbocycles. The first-order chi connectivity index (χ1) is 9.20. The van der Waals surface area contributed by atoms with Crippen LogP contribution in [0.5, 0.6) is 11.5 Å². The number of aromatic nitrogens is 1. The number of ether oxygens (including phenoxy) is 1. The molecule has 0 fully saturated rings. The topological polar surface area (TPSA) is 34.2 Å². The third kappa shape index (κ3) is 3.44. The Kier molecular flexibility index (Phi) is 4.34. The number of anilines is 1. The Bertz CT molecular complexity index is 558. The van der Waals surface area contributed by atoms with Crippen LogP contribution in [0.4, 0.5) is 10.1 Å². The van der Waals surface area contributed by atoms with Gasteiger partial charge in [0.25, 0.3) is 0 Å². The van der Waals surface area contributed by atoms with Gasteiger partial charge >= 0.3 is 0 Å². The molecule has 2 rings (SSSR count). The second-order valence-corrected chi connectivity index (χ2v) is 4.33. The number of nitrogens with zero attached hydrogens (tertiary/aromatic N) is 1. The van der Waals surface area contributed by atoms with Gasteiger partial charge in [0, 0.05) is 12.6 Å². The van der Waals surface area contributed by atoms with Crippen molar-refractivity contribution in [2.24, 2.45) is 0 Å². The molecule has 0 aliphatic heterocycles. The molecule has 19 heavy (non-hydrogen) atoms. The molecule has 0 aliphatic carbocycles. The third-order valence-electron chi connectivity index (χ3n) is 2.68. The van der Waals surface area contributed by atoms with Crippen LogP contribution in [0.2, 0.25) is 0 Å². The van der Waals surface area contributed by atoms with Crippen LogP contribution in [0.15, 0.2) is 36.7 Å². The van der Waals surface area contributed by atoms with Crippen molar-refractivity contribution >= 4 is 5.69 Å². The number of pyridine rings is 1. The standard InChI is InChI=1S/C15H17FN2O/c1-3-7-18-12-8-13(10-17-9-12)19-14-6-4-5-11(2)15(14)16/h4-6,8-10,18H,3,7H2,1-2H3. The average molecular weight is 260 g/mol. The van der Waals surface area contributed by atoms with Gasteiger partial charge in [-0.3, -0.25) is 4.98 Å². The molecule has 1 aromatic heterocycles. The van der Waals surface area contributed by atoms with Gasteiger partial charge in [0.2, 0.25) is 0 Å². The van der Waals surface area contributed by atoms with E-state index < -0.39 is 0 Å². The summed E-state index contributed by atoms with van der Waals surface area (Å²) in [6, 6.07) is 6.89. The van der Waals surface area contributed by atoms with Crippen LogP contribution in [0.25, 0.3) is 0 Å². The number of rotatable bonds is 5. The van der Waals surface area contributed by atoms with Gasteiger partial charge < -0.3 is 10.1 Å². The normalized spacial score (nSPS) is 10.3. The molecule has 4 heteroatoms. The van der Waals surface area contributed by atoms with Crippen molar-refractivity contribution in [2.45, 2.75) is 20.3 Å². The molecule has 0 amide bonds. The van der Waals surface area contributed by atoms with Crippen molar-refractivity contribution in [2.75, 3.05) is 11.9 Å². The second-order valence-electron chi connectivity index (χ2n) is 4.33. The molecule has 100 valence electrons. The van der Waals surface area contributed by atoms with Crippen molar-refractivity contribution in [3.05, 3.63) is 48.0 Å². The molecular weight excluding hydrogens is 243 g/mol. The van der Waals surface area contributed by atoms with Crippen LogP contribution in [-0.2, 0) is 0 Å². The first-order valence-corrected chi connectivity index (χ1v) is 6.32. The van der Waals surface area contributed by atoms with Crippen LogP contribution in [0, 0.1) is 12.7 Å². The van der Waals surface area contributed by atoms with E-state index >= 15 is 0 Å². The molecule has 1 N–H and O–H groups in total. The number of halogens is 1. The van der Waals surface area contributed by atoms with Gasteiger partial charge in [-0.05, 0) is 25.0 Å². The smallest absolute Gasteiger partial charge is 0.168 e. The van der Waals surface area contributed by atoms with E-state index in [2.05, 4.69) is 17.2 Å².